The standard InChI is InChI=1S/C29H37N3O3/c1-20-5-7-23(8-6-20)27-26-19-25(12-11-22(26)13-17-32(27)29(34)24-9-10-24)35-21(2)28(33)30-14-18-31-15-3-4-16-31/h5-8,11-12,19,21,24,27H,3-4,9-10,13-18H2,1-2H3,(H,30,33)/t21-,27-/m1/s1. The molecule has 3 aliphatic rings. The van der Waals surface area contributed by atoms with Crippen molar-refractivity contribution in [3.63, 3.8) is 0 Å². The number of hydrogen-bond donors (Lipinski definition) is 1. The molecule has 186 valence electrons. The van der Waals surface area contributed by atoms with Gasteiger partial charge in [0.05, 0.1) is 6.04 Å². The van der Waals surface area contributed by atoms with Gasteiger partial charge in [0.25, 0.3) is 5.91 Å². The summed E-state index contributed by atoms with van der Waals surface area (Å²) in [5, 5.41) is 3.01. The molecule has 2 atom stereocenters. The van der Waals surface area contributed by atoms with Crippen molar-refractivity contribution in [1.82, 2.24) is 15.1 Å². The van der Waals surface area contributed by atoms with Crippen LogP contribution >= 0.6 is 0 Å². The van der Waals surface area contributed by atoms with Crippen molar-refractivity contribution < 1.29 is 14.3 Å². The van der Waals surface area contributed by atoms with Crippen LogP contribution in [0, 0.1) is 12.8 Å². The number of benzene rings is 2. The number of carbonyl (C=O) groups is 2. The lowest BCUT2D eigenvalue weighted by atomic mass is 9.87. The monoisotopic (exact) mass is 475 g/mol. The van der Waals surface area contributed by atoms with E-state index in [0.717, 1.165) is 56.6 Å². The fourth-order valence-corrected chi connectivity index (χ4v) is 5.32. The third-order valence-corrected chi connectivity index (χ3v) is 7.56. The van der Waals surface area contributed by atoms with Gasteiger partial charge in [-0.25, -0.2) is 0 Å². The van der Waals surface area contributed by atoms with Gasteiger partial charge < -0.3 is 19.9 Å². The molecule has 0 aromatic heterocycles. The third-order valence-electron chi connectivity index (χ3n) is 7.56. The van der Waals surface area contributed by atoms with E-state index in [2.05, 4.69) is 52.4 Å². The lowest BCUT2D eigenvalue weighted by Gasteiger charge is -2.38. The Morgan fingerprint density at radius 3 is 2.51 bits per heavy atom. The number of amides is 2. The molecule has 2 heterocycles. The number of hydrogen-bond acceptors (Lipinski definition) is 4. The summed E-state index contributed by atoms with van der Waals surface area (Å²) >= 11 is 0. The van der Waals surface area contributed by atoms with Crippen molar-refractivity contribution in [3.8, 4) is 5.75 Å². The maximum Gasteiger partial charge on any atom is 0.260 e. The summed E-state index contributed by atoms with van der Waals surface area (Å²) in [7, 11) is 0. The van der Waals surface area contributed by atoms with Crippen molar-refractivity contribution in [2.24, 2.45) is 5.92 Å². The molecular formula is C29H37N3O3. The van der Waals surface area contributed by atoms with E-state index in [0.29, 0.717) is 12.3 Å². The predicted octanol–water partition coefficient (Wildman–Crippen LogP) is 3.86. The molecule has 0 spiro atoms. The van der Waals surface area contributed by atoms with Crippen LogP contribution in [0.3, 0.4) is 0 Å². The molecule has 2 aromatic carbocycles. The van der Waals surface area contributed by atoms with E-state index >= 15 is 0 Å². The van der Waals surface area contributed by atoms with Crippen LogP contribution in [-0.4, -0.2) is 60.4 Å². The maximum absolute atomic E-state index is 13.2. The molecule has 5 rings (SSSR count). The number of nitrogens with zero attached hydrogens (tertiary/aromatic N) is 2. The summed E-state index contributed by atoms with van der Waals surface area (Å²) < 4.78 is 6.09. The Labute approximate surface area is 208 Å². The summed E-state index contributed by atoms with van der Waals surface area (Å²) in [6.45, 7) is 8.39. The highest BCUT2D eigenvalue weighted by Gasteiger charge is 2.39. The Morgan fingerprint density at radius 2 is 1.80 bits per heavy atom. The largest absolute Gasteiger partial charge is 0.481 e. The minimum Gasteiger partial charge on any atom is -0.481 e. The molecule has 2 fully saturated rings. The Hall–Kier alpha value is -2.86. The fourth-order valence-electron chi connectivity index (χ4n) is 5.32. The SMILES string of the molecule is Cc1ccc([C@@H]2c3cc(O[C@H](C)C(=O)NCCN4CCCC4)ccc3CCN2C(=O)C2CC2)cc1. The highest BCUT2D eigenvalue weighted by Crippen LogP contribution is 2.41. The van der Waals surface area contributed by atoms with Crippen LogP contribution in [0.1, 0.15) is 60.9 Å². The number of rotatable bonds is 8. The van der Waals surface area contributed by atoms with Crippen molar-refractivity contribution in [2.45, 2.75) is 58.1 Å². The second kappa shape index (κ2) is 10.4. The summed E-state index contributed by atoms with van der Waals surface area (Å²) in [6, 6.07) is 14.5. The Morgan fingerprint density at radius 1 is 1.06 bits per heavy atom. The highest BCUT2D eigenvalue weighted by molar-refractivity contribution is 5.82. The first-order valence-corrected chi connectivity index (χ1v) is 13.2. The second-order valence-corrected chi connectivity index (χ2v) is 10.3. The van der Waals surface area contributed by atoms with E-state index in [1.165, 1.54) is 24.0 Å². The molecule has 0 bridgehead atoms. The third kappa shape index (κ3) is 5.53. The molecule has 2 amide bonds. The van der Waals surface area contributed by atoms with E-state index in [1.54, 1.807) is 6.92 Å². The molecule has 35 heavy (non-hydrogen) atoms. The van der Waals surface area contributed by atoms with Gasteiger partial charge in [0, 0.05) is 25.6 Å². The topological polar surface area (TPSA) is 61.9 Å². The molecule has 6 nitrogen and oxygen atoms in total. The summed E-state index contributed by atoms with van der Waals surface area (Å²) in [5.41, 5.74) is 4.67. The van der Waals surface area contributed by atoms with Crippen LogP contribution in [0.15, 0.2) is 42.5 Å². The van der Waals surface area contributed by atoms with E-state index in [9.17, 15) is 9.59 Å². The Balaban J connectivity index is 1.32. The molecule has 2 aromatic rings. The molecule has 1 N–H and O–H groups in total. The van der Waals surface area contributed by atoms with E-state index in [-0.39, 0.29) is 23.8 Å². The van der Waals surface area contributed by atoms with Gasteiger partial charge in [-0.1, -0.05) is 35.9 Å². The van der Waals surface area contributed by atoms with Gasteiger partial charge >= 0.3 is 0 Å². The van der Waals surface area contributed by atoms with Crippen molar-refractivity contribution in [1.29, 1.82) is 0 Å². The number of nitrogens with one attached hydrogen (secondary N) is 1. The van der Waals surface area contributed by atoms with Gasteiger partial charge in [-0.15, -0.1) is 0 Å². The van der Waals surface area contributed by atoms with Crippen LogP contribution in [0.5, 0.6) is 5.75 Å². The summed E-state index contributed by atoms with van der Waals surface area (Å²) in [4.78, 5) is 30.3. The van der Waals surface area contributed by atoms with E-state index in [1.807, 2.05) is 12.1 Å². The quantitative estimate of drug-likeness (QED) is 0.630. The first-order chi connectivity index (χ1) is 17.0. The zero-order chi connectivity index (χ0) is 24.4. The lowest BCUT2D eigenvalue weighted by Crippen LogP contribution is -2.41. The van der Waals surface area contributed by atoms with Gasteiger partial charge in [-0.3, -0.25) is 9.59 Å². The smallest absolute Gasteiger partial charge is 0.260 e. The first-order valence-electron chi connectivity index (χ1n) is 13.2. The predicted molar refractivity (Wildman–Crippen MR) is 136 cm³/mol. The number of ether oxygens (including phenoxy) is 1. The zero-order valence-corrected chi connectivity index (χ0v) is 21.0. The van der Waals surface area contributed by atoms with Crippen LogP contribution in [0.2, 0.25) is 0 Å². The van der Waals surface area contributed by atoms with Gasteiger partial charge in [0.15, 0.2) is 6.10 Å². The number of carbonyl (C=O) groups excluding carboxylic acids is 2. The molecule has 1 saturated heterocycles. The normalized spacial score (nSPS) is 20.9. The average Bonchev–Trinajstić information content (AvgIpc) is 3.59. The lowest BCUT2D eigenvalue weighted by molar-refractivity contribution is -0.134. The van der Waals surface area contributed by atoms with Crippen molar-refractivity contribution in [2.75, 3.05) is 32.7 Å². The first kappa shape index (κ1) is 23.9. The van der Waals surface area contributed by atoms with Crippen molar-refractivity contribution in [3.05, 3.63) is 64.7 Å². The number of fused-ring (bicyclic) bond motifs is 1. The number of aryl methyl sites for hydroxylation is 1. The molecule has 2 aliphatic heterocycles. The van der Waals surface area contributed by atoms with Gasteiger partial charge in [-0.05, 0) is 87.9 Å². The molecule has 0 unspecified atom stereocenters. The van der Waals surface area contributed by atoms with Crippen molar-refractivity contribution >= 4 is 11.8 Å². The van der Waals surface area contributed by atoms with Gasteiger partial charge in [0.2, 0.25) is 5.91 Å². The minimum atomic E-state index is -0.586. The molecule has 1 saturated carbocycles. The summed E-state index contributed by atoms with van der Waals surface area (Å²) in [5.74, 6) is 1.01. The van der Waals surface area contributed by atoms with Crippen LogP contribution in [-0.2, 0) is 16.0 Å². The fraction of sp³-hybridized carbons (Fsp3) is 0.517. The molecule has 6 heteroatoms. The summed E-state index contributed by atoms with van der Waals surface area (Å²) in [6.07, 6.45) is 4.74. The number of likely N-dealkylation sites (tertiary alicyclic amines) is 1. The average molecular weight is 476 g/mol. The molecular weight excluding hydrogens is 438 g/mol. The highest BCUT2D eigenvalue weighted by atomic mass is 16.5. The van der Waals surface area contributed by atoms with Crippen LogP contribution in [0.25, 0.3) is 0 Å². The van der Waals surface area contributed by atoms with Gasteiger partial charge in [0.1, 0.15) is 5.75 Å². The maximum atomic E-state index is 13.2. The minimum absolute atomic E-state index is 0.0949. The molecule has 0 radical (unpaired) electrons. The zero-order valence-electron chi connectivity index (χ0n) is 21.0. The second-order valence-electron chi connectivity index (χ2n) is 10.3. The Bertz CT molecular complexity index is 1060. The van der Waals surface area contributed by atoms with Crippen LogP contribution < -0.4 is 10.1 Å². The van der Waals surface area contributed by atoms with Crippen LogP contribution in [0.4, 0.5) is 0 Å². The van der Waals surface area contributed by atoms with E-state index in [4.69, 9.17) is 4.74 Å². The Kier molecular flexibility index (Phi) is 7.09. The van der Waals surface area contributed by atoms with E-state index < -0.39 is 6.10 Å². The van der Waals surface area contributed by atoms with Gasteiger partial charge in [-0.2, -0.15) is 0 Å². The molecule has 1 aliphatic carbocycles.